The highest BCUT2D eigenvalue weighted by Gasteiger charge is 2.28. The Morgan fingerprint density at radius 1 is 1.55 bits per heavy atom. The maximum absolute atomic E-state index is 12.0. The number of hydrogen-bond donors (Lipinski definition) is 2. The van der Waals surface area contributed by atoms with Crippen molar-refractivity contribution in [2.75, 3.05) is 0 Å². The standard InChI is InChI=1S/C14H24N4O2/c1-9-5-4-6-12(10(9)2)15-14(20)8-18-7-13(11(3)19)16-17-18/h7,9-12,19H,4-6,8H2,1-3H3,(H,15,20). The molecule has 1 fully saturated rings. The van der Waals surface area contributed by atoms with Gasteiger partial charge in [-0.25, -0.2) is 4.68 Å². The molecule has 1 heterocycles. The average Bonchev–Trinajstić information content (AvgIpc) is 2.83. The zero-order chi connectivity index (χ0) is 14.7. The maximum atomic E-state index is 12.0. The molecule has 1 saturated carbocycles. The highest BCUT2D eigenvalue weighted by molar-refractivity contribution is 5.76. The van der Waals surface area contributed by atoms with Crippen LogP contribution >= 0.6 is 0 Å². The Labute approximate surface area is 119 Å². The Kier molecular flexibility index (Phi) is 4.75. The summed E-state index contributed by atoms with van der Waals surface area (Å²) in [5.41, 5.74) is 0.484. The molecule has 4 atom stereocenters. The molecular weight excluding hydrogens is 256 g/mol. The van der Waals surface area contributed by atoms with Crippen molar-refractivity contribution in [1.29, 1.82) is 0 Å². The third kappa shape index (κ3) is 3.56. The fourth-order valence-corrected chi connectivity index (χ4v) is 2.77. The van der Waals surface area contributed by atoms with E-state index in [1.807, 2.05) is 0 Å². The molecule has 1 aromatic rings. The quantitative estimate of drug-likeness (QED) is 0.870. The molecule has 6 nitrogen and oxygen atoms in total. The molecule has 4 unspecified atom stereocenters. The lowest BCUT2D eigenvalue weighted by atomic mass is 9.78. The van der Waals surface area contributed by atoms with Gasteiger partial charge in [-0.3, -0.25) is 4.79 Å². The van der Waals surface area contributed by atoms with Gasteiger partial charge in [0.15, 0.2) is 0 Å². The molecule has 2 N–H and O–H groups in total. The molecule has 112 valence electrons. The van der Waals surface area contributed by atoms with Gasteiger partial charge in [0.1, 0.15) is 12.2 Å². The second-order valence-corrected chi connectivity index (χ2v) is 5.96. The zero-order valence-electron chi connectivity index (χ0n) is 12.4. The topological polar surface area (TPSA) is 80.0 Å². The number of aromatic nitrogens is 3. The molecule has 0 aliphatic heterocycles. The Morgan fingerprint density at radius 3 is 2.95 bits per heavy atom. The van der Waals surface area contributed by atoms with E-state index in [0.717, 1.165) is 6.42 Å². The molecule has 1 aromatic heterocycles. The van der Waals surface area contributed by atoms with E-state index in [1.54, 1.807) is 13.1 Å². The van der Waals surface area contributed by atoms with Crippen LogP contribution in [0.5, 0.6) is 0 Å². The summed E-state index contributed by atoms with van der Waals surface area (Å²) in [4.78, 5) is 12.0. The van der Waals surface area contributed by atoms with Crippen LogP contribution < -0.4 is 5.32 Å². The third-order valence-electron chi connectivity index (χ3n) is 4.34. The maximum Gasteiger partial charge on any atom is 0.242 e. The van der Waals surface area contributed by atoms with Crippen LogP contribution in [0.4, 0.5) is 0 Å². The van der Waals surface area contributed by atoms with Crippen LogP contribution in [-0.2, 0) is 11.3 Å². The first-order valence-corrected chi connectivity index (χ1v) is 7.35. The van der Waals surface area contributed by atoms with E-state index in [-0.39, 0.29) is 18.5 Å². The van der Waals surface area contributed by atoms with Crippen LogP contribution in [0.1, 0.15) is 51.8 Å². The van der Waals surface area contributed by atoms with Gasteiger partial charge in [0.05, 0.1) is 12.3 Å². The van der Waals surface area contributed by atoms with Crippen molar-refractivity contribution in [1.82, 2.24) is 20.3 Å². The van der Waals surface area contributed by atoms with Gasteiger partial charge >= 0.3 is 0 Å². The van der Waals surface area contributed by atoms with Crippen molar-refractivity contribution in [3.05, 3.63) is 11.9 Å². The summed E-state index contributed by atoms with van der Waals surface area (Å²) >= 11 is 0. The van der Waals surface area contributed by atoms with E-state index < -0.39 is 6.10 Å². The summed E-state index contributed by atoms with van der Waals surface area (Å²) in [7, 11) is 0. The molecule has 0 saturated heterocycles. The molecule has 0 aromatic carbocycles. The average molecular weight is 280 g/mol. The molecule has 1 amide bonds. The van der Waals surface area contributed by atoms with Crippen LogP contribution in [0.25, 0.3) is 0 Å². The lowest BCUT2D eigenvalue weighted by molar-refractivity contribution is -0.123. The number of carbonyl (C=O) groups is 1. The van der Waals surface area contributed by atoms with Crippen molar-refractivity contribution < 1.29 is 9.90 Å². The Balaban J connectivity index is 1.88. The largest absolute Gasteiger partial charge is 0.387 e. The van der Waals surface area contributed by atoms with Crippen molar-refractivity contribution in [2.45, 2.75) is 58.7 Å². The third-order valence-corrected chi connectivity index (χ3v) is 4.34. The minimum Gasteiger partial charge on any atom is -0.387 e. The fraction of sp³-hybridized carbons (Fsp3) is 0.786. The Morgan fingerprint density at radius 2 is 2.30 bits per heavy atom. The van der Waals surface area contributed by atoms with E-state index in [1.165, 1.54) is 17.5 Å². The van der Waals surface area contributed by atoms with E-state index in [0.29, 0.717) is 17.5 Å². The number of hydrogen-bond acceptors (Lipinski definition) is 4. The summed E-state index contributed by atoms with van der Waals surface area (Å²) in [6.07, 6.45) is 4.41. The monoisotopic (exact) mass is 280 g/mol. The molecule has 20 heavy (non-hydrogen) atoms. The predicted molar refractivity (Wildman–Crippen MR) is 74.8 cm³/mol. The summed E-state index contributed by atoms with van der Waals surface area (Å²) < 4.78 is 1.47. The van der Waals surface area contributed by atoms with Crippen molar-refractivity contribution in [2.24, 2.45) is 11.8 Å². The SMILES string of the molecule is CC(O)c1cn(CC(=O)NC2CCCC(C)C2C)nn1. The number of aliphatic hydroxyl groups is 1. The molecular formula is C14H24N4O2. The highest BCUT2D eigenvalue weighted by atomic mass is 16.3. The van der Waals surface area contributed by atoms with E-state index >= 15 is 0 Å². The second-order valence-electron chi connectivity index (χ2n) is 5.96. The van der Waals surface area contributed by atoms with Crippen LogP contribution in [0.3, 0.4) is 0 Å². The van der Waals surface area contributed by atoms with Gasteiger partial charge in [-0.05, 0) is 25.2 Å². The summed E-state index contributed by atoms with van der Waals surface area (Å²) in [6.45, 7) is 6.22. The van der Waals surface area contributed by atoms with E-state index in [2.05, 4.69) is 29.5 Å². The van der Waals surface area contributed by atoms with Gasteiger partial charge in [0, 0.05) is 6.04 Å². The fourth-order valence-electron chi connectivity index (χ4n) is 2.77. The lowest BCUT2D eigenvalue weighted by Crippen LogP contribution is -2.44. The summed E-state index contributed by atoms with van der Waals surface area (Å²) in [6, 6.07) is 0.256. The minimum absolute atomic E-state index is 0.0435. The van der Waals surface area contributed by atoms with Gasteiger partial charge in [-0.1, -0.05) is 31.9 Å². The number of nitrogens with one attached hydrogen (secondary N) is 1. The van der Waals surface area contributed by atoms with Gasteiger partial charge in [0.25, 0.3) is 0 Å². The zero-order valence-corrected chi connectivity index (χ0v) is 12.4. The number of nitrogens with zero attached hydrogens (tertiary/aromatic N) is 3. The number of rotatable bonds is 4. The molecule has 6 heteroatoms. The van der Waals surface area contributed by atoms with Gasteiger partial charge < -0.3 is 10.4 Å². The van der Waals surface area contributed by atoms with Gasteiger partial charge in [-0.15, -0.1) is 5.10 Å². The minimum atomic E-state index is -0.661. The summed E-state index contributed by atoms with van der Waals surface area (Å²) in [5, 5.41) is 20.2. The molecule has 0 bridgehead atoms. The van der Waals surface area contributed by atoms with Crippen LogP contribution in [0.15, 0.2) is 6.20 Å². The van der Waals surface area contributed by atoms with Crippen LogP contribution in [-0.4, -0.2) is 32.0 Å². The van der Waals surface area contributed by atoms with E-state index in [9.17, 15) is 9.90 Å². The smallest absolute Gasteiger partial charge is 0.242 e. The van der Waals surface area contributed by atoms with Gasteiger partial charge in [0.2, 0.25) is 5.91 Å². The molecule has 1 aliphatic carbocycles. The number of aliphatic hydroxyl groups excluding tert-OH is 1. The highest BCUT2D eigenvalue weighted by Crippen LogP contribution is 2.29. The second kappa shape index (κ2) is 6.35. The van der Waals surface area contributed by atoms with E-state index in [4.69, 9.17) is 0 Å². The van der Waals surface area contributed by atoms with Crippen LogP contribution in [0, 0.1) is 11.8 Å². The normalized spacial score (nSPS) is 28.1. The molecule has 0 radical (unpaired) electrons. The van der Waals surface area contributed by atoms with Crippen LogP contribution in [0.2, 0.25) is 0 Å². The van der Waals surface area contributed by atoms with Crippen molar-refractivity contribution >= 4 is 5.91 Å². The predicted octanol–water partition coefficient (Wildman–Crippen LogP) is 1.27. The first-order valence-electron chi connectivity index (χ1n) is 7.35. The Hall–Kier alpha value is -1.43. The number of carbonyl (C=O) groups excluding carboxylic acids is 1. The molecule has 1 aliphatic rings. The Bertz CT molecular complexity index is 458. The lowest BCUT2D eigenvalue weighted by Gasteiger charge is -2.34. The molecule has 2 rings (SSSR count). The molecule has 0 spiro atoms. The first-order chi connectivity index (χ1) is 9.47. The number of amides is 1. The first kappa shape index (κ1) is 15.0. The van der Waals surface area contributed by atoms with Gasteiger partial charge in [-0.2, -0.15) is 0 Å². The van der Waals surface area contributed by atoms with Crippen molar-refractivity contribution in [3.8, 4) is 0 Å². The van der Waals surface area contributed by atoms with Crippen molar-refractivity contribution in [3.63, 3.8) is 0 Å². The summed E-state index contributed by atoms with van der Waals surface area (Å²) in [5.74, 6) is 1.12.